The lowest BCUT2D eigenvalue weighted by Gasteiger charge is -2.19. The molecule has 5 rings (SSSR count). The van der Waals surface area contributed by atoms with Crippen molar-refractivity contribution < 1.29 is 12.4 Å². The van der Waals surface area contributed by atoms with E-state index in [2.05, 4.69) is 82.3 Å². The zero-order chi connectivity index (χ0) is 20.9. The minimum atomic E-state index is 0. The van der Waals surface area contributed by atoms with Crippen molar-refractivity contribution >= 4 is 21.6 Å². The zero-order valence-corrected chi connectivity index (χ0v) is 20.3. The summed E-state index contributed by atoms with van der Waals surface area (Å²) in [6.45, 7) is 8.96. The number of halogens is 1. The first-order chi connectivity index (χ1) is 14.4. The number of aryl methyl sites for hydroxylation is 3. The Morgan fingerprint density at radius 3 is 2.32 bits per heavy atom. The Labute approximate surface area is 196 Å². The average molecular weight is 447 g/mol. The molecule has 1 aliphatic rings. The van der Waals surface area contributed by atoms with Crippen molar-refractivity contribution in [3.8, 4) is 22.4 Å². The van der Waals surface area contributed by atoms with Crippen LogP contribution in [-0.4, -0.2) is 4.98 Å². The second-order valence-corrected chi connectivity index (χ2v) is 10.7. The lowest BCUT2D eigenvalue weighted by Crippen LogP contribution is -3.00. The molecule has 4 aromatic rings. The Bertz CT molecular complexity index is 1230. The largest absolute Gasteiger partial charge is 1.00 e. The van der Waals surface area contributed by atoms with E-state index in [1.165, 1.54) is 63.7 Å². The van der Waals surface area contributed by atoms with Gasteiger partial charge in [0.2, 0.25) is 0 Å². The first-order valence-corrected chi connectivity index (χ1v) is 11.8. The molecule has 1 aliphatic carbocycles. The molecule has 0 N–H and O–H groups in total. The number of fused-ring (bicyclic) bond motifs is 3. The zero-order valence-electron chi connectivity index (χ0n) is 18.8. The van der Waals surface area contributed by atoms with Gasteiger partial charge in [-0.15, -0.1) is 11.3 Å². The minimum absolute atomic E-state index is 0. The summed E-state index contributed by atoms with van der Waals surface area (Å²) in [5.41, 5.74) is 9.31. The third-order valence-corrected chi connectivity index (χ3v) is 7.49. The summed E-state index contributed by atoms with van der Waals surface area (Å²) in [6, 6.07) is 20.2. The van der Waals surface area contributed by atoms with E-state index >= 15 is 0 Å². The normalized spacial score (nSPS) is 13.7. The molecule has 2 aromatic carbocycles. The molecule has 0 atom stereocenters. The molecule has 0 radical (unpaired) electrons. The fraction of sp³-hybridized carbons (Fsp3) is 0.321. The minimum Gasteiger partial charge on any atom is -1.00 e. The highest BCUT2D eigenvalue weighted by Gasteiger charge is 2.21. The molecule has 2 heterocycles. The van der Waals surface area contributed by atoms with Gasteiger partial charge in [0.1, 0.15) is 4.83 Å². The molecule has 31 heavy (non-hydrogen) atoms. The van der Waals surface area contributed by atoms with Gasteiger partial charge in [0.05, 0.1) is 5.69 Å². The van der Waals surface area contributed by atoms with Gasteiger partial charge in [-0.1, -0.05) is 74.9 Å². The summed E-state index contributed by atoms with van der Waals surface area (Å²) in [6.07, 6.45) is 5.00. The Morgan fingerprint density at radius 2 is 1.61 bits per heavy atom. The van der Waals surface area contributed by atoms with Crippen LogP contribution in [0.2, 0.25) is 0 Å². The summed E-state index contributed by atoms with van der Waals surface area (Å²) in [7, 11) is 0. The van der Waals surface area contributed by atoms with E-state index in [1.54, 1.807) is 10.4 Å². The van der Waals surface area contributed by atoms with Gasteiger partial charge in [-0.25, -0.2) is 4.98 Å². The van der Waals surface area contributed by atoms with Crippen LogP contribution in [0.25, 0.3) is 32.6 Å². The predicted molar refractivity (Wildman–Crippen MR) is 131 cm³/mol. The van der Waals surface area contributed by atoms with Crippen molar-refractivity contribution in [2.75, 3.05) is 0 Å². The number of pyridine rings is 1. The molecule has 0 bridgehead atoms. The molecule has 0 amide bonds. The van der Waals surface area contributed by atoms with Crippen LogP contribution in [0.4, 0.5) is 0 Å². The van der Waals surface area contributed by atoms with Crippen LogP contribution in [-0.2, 0) is 18.3 Å². The summed E-state index contributed by atoms with van der Waals surface area (Å²) in [5, 5.41) is 1.40. The maximum absolute atomic E-state index is 5.17. The smallest absolute Gasteiger partial charge is 0.125 e. The monoisotopic (exact) mass is 446 g/mol. The number of aromatic nitrogens is 1. The van der Waals surface area contributed by atoms with Crippen LogP contribution < -0.4 is 12.4 Å². The Hall–Kier alpha value is -2.16. The number of nitrogens with zero attached hydrogens (tertiary/aromatic N) is 1. The molecule has 2 aromatic heterocycles. The molecule has 0 spiro atoms. The lowest BCUT2D eigenvalue weighted by atomic mass is 9.86. The second kappa shape index (κ2) is 8.41. The van der Waals surface area contributed by atoms with E-state index in [0.717, 1.165) is 5.69 Å². The molecule has 0 aliphatic heterocycles. The number of rotatable bonds is 2. The number of hydrogen-bond acceptors (Lipinski definition) is 2. The Balaban J connectivity index is 0.00000231. The van der Waals surface area contributed by atoms with Crippen LogP contribution in [0, 0.1) is 6.92 Å². The molecule has 0 fully saturated rings. The quantitative estimate of drug-likeness (QED) is 0.416. The maximum Gasteiger partial charge on any atom is 0.125 e. The number of thiophene rings is 1. The highest BCUT2D eigenvalue weighted by molar-refractivity contribution is 7.19. The average Bonchev–Trinajstić information content (AvgIpc) is 3.11. The van der Waals surface area contributed by atoms with Crippen LogP contribution in [0.3, 0.4) is 0 Å². The van der Waals surface area contributed by atoms with Crippen LogP contribution in [0.15, 0.2) is 54.6 Å². The summed E-state index contributed by atoms with van der Waals surface area (Å²) >= 11 is 1.92. The van der Waals surface area contributed by atoms with Crippen LogP contribution >= 0.6 is 11.3 Å². The van der Waals surface area contributed by atoms with Crippen LogP contribution in [0.1, 0.15) is 55.2 Å². The van der Waals surface area contributed by atoms with Gasteiger partial charge in [0.15, 0.2) is 0 Å². The number of hydrogen-bond donors (Lipinski definition) is 0. The van der Waals surface area contributed by atoms with E-state index in [1.807, 2.05) is 11.3 Å². The Morgan fingerprint density at radius 1 is 0.871 bits per heavy atom. The van der Waals surface area contributed by atoms with Crippen molar-refractivity contribution in [1.29, 1.82) is 0 Å². The van der Waals surface area contributed by atoms with Crippen LogP contribution in [0.5, 0.6) is 0 Å². The highest BCUT2D eigenvalue weighted by atomic mass is 35.5. The Kier molecular flexibility index (Phi) is 5.98. The first-order valence-electron chi connectivity index (χ1n) is 11.0. The lowest BCUT2D eigenvalue weighted by molar-refractivity contribution is -0.00000640. The molecule has 0 unspecified atom stereocenters. The van der Waals surface area contributed by atoms with E-state index in [0.29, 0.717) is 0 Å². The number of benzene rings is 2. The van der Waals surface area contributed by atoms with Gasteiger partial charge < -0.3 is 12.4 Å². The van der Waals surface area contributed by atoms with E-state index < -0.39 is 0 Å². The standard InChI is InChI=1S/C28H29NS.ClH/c1-18-8-7-9-20(16-18)23-17-24(19-12-14-21(15-13-19)28(2,3)4)29-27-26(23)22-10-5-6-11-25(22)30-27;/h7-9,12-17H,5-6,10-11H2,1-4H3;1H/p-1. The molecule has 3 heteroatoms. The molecule has 1 nitrogen and oxygen atoms in total. The topological polar surface area (TPSA) is 12.9 Å². The van der Waals surface area contributed by atoms with Crippen molar-refractivity contribution in [3.05, 3.63) is 76.2 Å². The molecule has 0 saturated carbocycles. The predicted octanol–water partition coefficient (Wildman–Crippen LogP) is 5.12. The maximum atomic E-state index is 5.17. The third kappa shape index (κ3) is 4.16. The molecule has 160 valence electrons. The van der Waals surface area contributed by atoms with Crippen molar-refractivity contribution in [2.45, 2.75) is 58.8 Å². The summed E-state index contributed by atoms with van der Waals surface area (Å²) in [4.78, 5) is 7.93. The highest BCUT2D eigenvalue weighted by Crippen LogP contribution is 2.42. The fourth-order valence-electron chi connectivity index (χ4n) is 4.59. The first kappa shape index (κ1) is 22.0. The van der Waals surface area contributed by atoms with E-state index in [4.69, 9.17) is 4.98 Å². The molecule has 0 saturated heterocycles. The van der Waals surface area contributed by atoms with Crippen molar-refractivity contribution in [2.24, 2.45) is 0 Å². The third-order valence-electron chi connectivity index (χ3n) is 6.30. The van der Waals surface area contributed by atoms with Gasteiger partial charge in [-0.05, 0) is 66.3 Å². The fourth-order valence-corrected chi connectivity index (χ4v) is 5.87. The van der Waals surface area contributed by atoms with Gasteiger partial charge in [-0.3, -0.25) is 0 Å². The summed E-state index contributed by atoms with van der Waals surface area (Å²) in [5.74, 6) is 0. The van der Waals surface area contributed by atoms with E-state index in [-0.39, 0.29) is 17.8 Å². The van der Waals surface area contributed by atoms with Gasteiger partial charge in [0, 0.05) is 15.8 Å². The van der Waals surface area contributed by atoms with Gasteiger partial charge >= 0.3 is 0 Å². The molecular weight excluding hydrogens is 418 g/mol. The van der Waals surface area contributed by atoms with Gasteiger partial charge in [0.25, 0.3) is 0 Å². The second-order valence-electron chi connectivity index (χ2n) is 9.64. The van der Waals surface area contributed by atoms with Gasteiger partial charge in [-0.2, -0.15) is 0 Å². The van der Waals surface area contributed by atoms with Crippen molar-refractivity contribution in [3.63, 3.8) is 0 Å². The van der Waals surface area contributed by atoms with Crippen molar-refractivity contribution in [1.82, 2.24) is 4.98 Å². The molecular formula is C28H29ClNS-. The SMILES string of the molecule is Cc1cccc(-c2cc(-c3ccc(C(C)(C)C)cc3)nc3sc4c(c23)CCCC4)c1.[Cl-]. The van der Waals surface area contributed by atoms with E-state index in [9.17, 15) is 0 Å². The summed E-state index contributed by atoms with van der Waals surface area (Å²) < 4.78 is 0.